The van der Waals surface area contributed by atoms with Crippen LogP contribution in [0.25, 0.3) is 0 Å². The number of carbonyl (C=O) groups is 2. The first kappa shape index (κ1) is 15.1. The molecule has 0 aliphatic heterocycles. The Labute approximate surface area is 118 Å². The smallest absolute Gasteiger partial charge is 0.416 e. The molecule has 0 radical (unpaired) electrons. The van der Waals surface area contributed by atoms with Gasteiger partial charge < -0.3 is 15.7 Å². The van der Waals surface area contributed by atoms with E-state index < -0.39 is 29.3 Å². The van der Waals surface area contributed by atoms with Crippen LogP contribution >= 0.6 is 0 Å². The predicted octanol–water partition coefficient (Wildman–Crippen LogP) is 3.08. The number of carbonyl (C=O) groups excluding carboxylic acids is 1. The lowest BCUT2D eigenvalue weighted by molar-refractivity contribution is -0.137. The van der Waals surface area contributed by atoms with Crippen LogP contribution in [0.4, 0.5) is 23.7 Å². The highest BCUT2D eigenvalue weighted by molar-refractivity contribution is 5.93. The summed E-state index contributed by atoms with van der Waals surface area (Å²) in [4.78, 5) is 22.5. The average molecular weight is 302 g/mol. The normalized spacial score (nSPS) is 15.2. The van der Waals surface area contributed by atoms with Gasteiger partial charge in [-0.15, -0.1) is 0 Å². The van der Waals surface area contributed by atoms with E-state index in [-0.39, 0.29) is 11.7 Å². The van der Waals surface area contributed by atoms with E-state index in [2.05, 4.69) is 10.6 Å². The van der Waals surface area contributed by atoms with Crippen LogP contribution in [0, 0.1) is 0 Å². The number of carboxylic acids is 1. The van der Waals surface area contributed by atoms with Crippen LogP contribution in [0.15, 0.2) is 18.2 Å². The topological polar surface area (TPSA) is 78.4 Å². The van der Waals surface area contributed by atoms with E-state index in [0.717, 1.165) is 25.3 Å². The summed E-state index contributed by atoms with van der Waals surface area (Å²) in [6.07, 6.45) is -2.03. The fourth-order valence-corrected chi connectivity index (χ4v) is 1.89. The van der Waals surface area contributed by atoms with Crippen molar-refractivity contribution in [1.82, 2.24) is 5.32 Å². The van der Waals surface area contributed by atoms with Gasteiger partial charge in [-0.25, -0.2) is 9.59 Å². The molecule has 21 heavy (non-hydrogen) atoms. The molecule has 5 nitrogen and oxygen atoms in total. The van der Waals surface area contributed by atoms with Gasteiger partial charge in [0.05, 0.1) is 11.1 Å². The fourth-order valence-electron chi connectivity index (χ4n) is 1.89. The summed E-state index contributed by atoms with van der Waals surface area (Å²) in [6, 6.07) is 1.59. The van der Waals surface area contributed by atoms with Crippen LogP contribution in [-0.4, -0.2) is 23.1 Å². The molecule has 114 valence electrons. The number of hydrogen-bond acceptors (Lipinski definition) is 2. The monoisotopic (exact) mass is 302 g/mol. The molecular formula is C13H13F3N2O3. The van der Waals surface area contributed by atoms with Gasteiger partial charge in [-0.05, 0) is 37.5 Å². The van der Waals surface area contributed by atoms with Crippen molar-refractivity contribution in [2.75, 3.05) is 5.32 Å². The van der Waals surface area contributed by atoms with Gasteiger partial charge in [0.2, 0.25) is 0 Å². The third kappa shape index (κ3) is 3.87. The van der Waals surface area contributed by atoms with Crippen LogP contribution < -0.4 is 10.6 Å². The Balaban J connectivity index is 2.19. The maximum Gasteiger partial charge on any atom is 0.416 e. The Morgan fingerprint density at radius 2 is 1.86 bits per heavy atom. The van der Waals surface area contributed by atoms with Gasteiger partial charge in [0.1, 0.15) is 0 Å². The average Bonchev–Trinajstić information content (AvgIpc) is 2.32. The number of urea groups is 1. The molecule has 2 amide bonds. The second kappa shape index (κ2) is 5.63. The Morgan fingerprint density at radius 3 is 2.33 bits per heavy atom. The number of rotatable bonds is 3. The molecule has 1 aromatic rings. The number of alkyl halides is 3. The summed E-state index contributed by atoms with van der Waals surface area (Å²) in [6.45, 7) is 0. The number of nitrogens with one attached hydrogen (secondary N) is 2. The second-order valence-corrected chi connectivity index (χ2v) is 4.83. The predicted molar refractivity (Wildman–Crippen MR) is 68.2 cm³/mol. The summed E-state index contributed by atoms with van der Waals surface area (Å²) in [5.41, 5.74) is -1.87. The molecule has 1 aliphatic carbocycles. The molecule has 1 saturated carbocycles. The van der Waals surface area contributed by atoms with E-state index >= 15 is 0 Å². The van der Waals surface area contributed by atoms with Crippen molar-refractivity contribution < 1.29 is 27.9 Å². The van der Waals surface area contributed by atoms with Crippen LogP contribution in [0.1, 0.15) is 35.2 Å². The highest BCUT2D eigenvalue weighted by Gasteiger charge is 2.32. The van der Waals surface area contributed by atoms with Crippen molar-refractivity contribution in [3.05, 3.63) is 29.3 Å². The molecule has 0 atom stereocenters. The molecule has 0 aromatic heterocycles. The molecule has 0 saturated heterocycles. The zero-order valence-electron chi connectivity index (χ0n) is 10.8. The van der Waals surface area contributed by atoms with Crippen molar-refractivity contribution in [3.63, 3.8) is 0 Å². The lowest BCUT2D eigenvalue weighted by Crippen LogP contribution is -2.41. The summed E-state index contributed by atoms with van der Waals surface area (Å²) in [5, 5.41) is 13.7. The van der Waals surface area contributed by atoms with Gasteiger partial charge in [-0.1, -0.05) is 0 Å². The van der Waals surface area contributed by atoms with E-state index in [1.807, 2.05) is 0 Å². The van der Waals surface area contributed by atoms with Crippen molar-refractivity contribution in [2.24, 2.45) is 0 Å². The van der Waals surface area contributed by atoms with Crippen LogP contribution in [0.3, 0.4) is 0 Å². The van der Waals surface area contributed by atoms with Crippen molar-refractivity contribution in [2.45, 2.75) is 31.5 Å². The minimum Gasteiger partial charge on any atom is -0.478 e. The maximum atomic E-state index is 12.7. The van der Waals surface area contributed by atoms with Crippen LogP contribution in [0.5, 0.6) is 0 Å². The summed E-state index contributed by atoms with van der Waals surface area (Å²) >= 11 is 0. The van der Waals surface area contributed by atoms with E-state index in [9.17, 15) is 22.8 Å². The number of carboxylic acid groups (broad SMARTS) is 1. The first-order valence-electron chi connectivity index (χ1n) is 6.29. The van der Waals surface area contributed by atoms with E-state index in [1.54, 1.807) is 0 Å². The molecule has 0 heterocycles. The van der Waals surface area contributed by atoms with Crippen molar-refractivity contribution in [1.29, 1.82) is 0 Å². The minimum absolute atomic E-state index is 0.0229. The minimum atomic E-state index is -4.69. The number of anilines is 1. The summed E-state index contributed by atoms with van der Waals surface area (Å²) in [7, 11) is 0. The first-order chi connectivity index (χ1) is 9.75. The van der Waals surface area contributed by atoms with Crippen molar-refractivity contribution >= 4 is 17.7 Å². The number of hydrogen-bond donors (Lipinski definition) is 3. The van der Waals surface area contributed by atoms with E-state index in [1.165, 1.54) is 0 Å². The summed E-state index contributed by atoms with van der Waals surface area (Å²) < 4.78 is 38.1. The van der Waals surface area contributed by atoms with Crippen LogP contribution in [0.2, 0.25) is 0 Å². The third-order valence-corrected chi connectivity index (χ3v) is 3.21. The van der Waals surface area contributed by atoms with Gasteiger partial charge in [-0.3, -0.25) is 0 Å². The fraction of sp³-hybridized carbons (Fsp3) is 0.385. The standard InChI is InChI=1S/C13H13F3N2O3/c14-13(15,16)8-4-7(11(19)20)5-10(6-8)18-12(21)17-9-2-1-3-9/h4-6,9H,1-3H2,(H,19,20)(H2,17,18,21). The quantitative estimate of drug-likeness (QED) is 0.803. The number of aromatic carboxylic acids is 1. The SMILES string of the molecule is O=C(Nc1cc(C(=O)O)cc(C(F)(F)F)c1)NC1CCC1. The van der Waals surface area contributed by atoms with E-state index in [0.29, 0.717) is 12.1 Å². The van der Waals surface area contributed by atoms with Gasteiger partial charge >= 0.3 is 18.2 Å². The third-order valence-electron chi connectivity index (χ3n) is 3.21. The molecule has 0 unspecified atom stereocenters. The highest BCUT2D eigenvalue weighted by atomic mass is 19.4. The zero-order valence-corrected chi connectivity index (χ0v) is 10.8. The Morgan fingerprint density at radius 1 is 1.19 bits per heavy atom. The second-order valence-electron chi connectivity index (χ2n) is 4.83. The van der Waals surface area contributed by atoms with Gasteiger partial charge in [0.15, 0.2) is 0 Å². The lowest BCUT2D eigenvalue weighted by atomic mass is 9.93. The molecule has 1 fully saturated rings. The molecule has 8 heteroatoms. The first-order valence-corrected chi connectivity index (χ1v) is 6.29. The summed E-state index contributed by atoms with van der Waals surface area (Å²) in [5.74, 6) is -1.50. The molecule has 1 aliphatic rings. The Bertz CT molecular complexity index is 568. The molecule has 1 aromatic carbocycles. The van der Waals surface area contributed by atoms with Crippen LogP contribution in [-0.2, 0) is 6.18 Å². The number of halogens is 3. The maximum absolute atomic E-state index is 12.7. The lowest BCUT2D eigenvalue weighted by Gasteiger charge is -2.26. The Hall–Kier alpha value is -2.25. The molecule has 0 spiro atoms. The highest BCUT2D eigenvalue weighted by Crippen LogP contribution is 2.32. The largest absolute Gasteiger partial charge is 0.478 e. The number of benzene rings is 1. The molecule has 2 rings (SSSR count). The molecule has 0 bridgehead atoms. The molecular weight excluding hydrogens is 289 g/mol. The Kier molecular flexibility index (Phi) is 4.06. The zero-order chi connectivity index (χ0) is 15.6. The van der Waals surface area contributed by atoms with Gasteiger partial charge in [0.25, 0.3) is 0 Å². The molecule has 3 N–H and O–H groups in total. The number of amides is 2. The van der Waals surface area contributed by atoms with Gasteiger partial charge in [-0.2, -0.15) is 13.2 Å². The van der Waals surface area contributed by atoms with Crippen molar-refractivity contribution in [3.8, 4) is 0 Å². The van der Waals surface area contributed by atoms with Gasteiger partial charge in [0, 0.05) is 11.7 Å². The van der Waals surface area contributed by atoms with E-state index in [4.69, 9.17) is 5.11 Å².